The van der Waals surface area contributed by atoms with Crippen LogP contribution in [0, 0.1) is 0 Å². The van der Waals surface area contributed by atoms with Crippen molar-refractivity contribution in [1.29, 1.82) is 0 Å². The van der Waals surface area contributed by atoms with Gasteiger partial charge in [0, 0.05) is 38.9 Å². The molecule has 0 amide bonds. The van der Waals surface area contributed by atoms with Crippen LogP contribution in [0.2, 0.25) is 0 Å². The summed E-state index contributed by atoms with van der Waals surface area (Å²) in [4.78, 5) is 6.86. The lowest BCUT2D eigenvalue weighted by atomic mass is 10.2. The van der Waals surface area contributed by atoms with Crippen LogP contribution in [0.3, 0.4) is 0 Å². The number of sulfonamides is 1. The molecule has 0 spiro atoms. The van der Waals surface area contributed by atoms with Gasteiger partial charge < -0.3 is 10.1 Å². The van der Waals surface area contributed by atoms with Crippen molar-refractivity contribution in [3.8, 4) is 0 Å². The van der Waals surface area contributed by atoms with E-state index in [-0.39, 0.29) is 17.1 Å². The van der Waals surface area contributed by atoms with Gasteiger partial charge in [-0.2, -0.15) is 0 Å². The Hall–Kier alpha value is -2.16. The smallest absolute Gasteiger partial charge is 0.265 e. The molecule has 1 saturated heterocycles. The standard InChI is InChI=1S/C21H30N4O3S/c1-4-25(19-8-6-5-7-9-19)29(26,27)20-10-11-21(23-14-20)22-12-13-24-15-17(2)28-18(3)16-24/h5-11,14,17-18H,4,12-13,15-16H2,1-3H3,(H,22,23). The van der Waals surface area contributed by atoms with Crippen molar-refractivity contribution in [2.75, 3.05) is 42.3 Å². The maximum Gasteiger partial charge on any atom is 0.265 e. The van der Waals surface area contributed by atoms with Crippen LogP contribution in [0.1, 0.15) is 20.8 Å². The van der Waals surface area contributed by atoms with Gasteiger partial charge in [0.2, 0.25) is 0 Å². The van der Waals surface area contributed by atoms with E-state index in [1.165, 1.54) is 10.5 Å². The number of morpholine rings is 1. The third-order valence-corrected chi connectivity index (χ3v) is 6.77. The Bertz CT molecular complexity index is 865. The van der Waals surface area contributed by atoms with E-state index < -0.39 is 10.0 Å². The molecular formula is C21H30N4O3S. The van der Waals surface area contributed by atoms with Gasteiger partial charge in [0.25, 0.3) is 10.0 Å². The molecule has 1 N–H and O–H groups in total. The highest BCUT2D eigenvalue weighted by Crippen LogP contribution is 2.23. The zero-order chi connectivity index (χ0) is 20.9. The summed E-state index contributed by atoms with van der Waals surface area (Å²) in [6.45, 7) is 9.81. The van der Waals surface area contributed by atoms with Crippen molar-refractivity contribution in [2.45, 2.75) is 37.9 Å². The van der Waals surface area contributed by atoms with Crippen LogP contribution in [-0.2, 0) is 14.8 Å². The molecule has 1 aliphatic heterocycles. The van der Waals surface area contributed by atoms with Gasteiger partial charge in [-0.15, -0.1) is 0 Å². The number of nitrogens with one attached hydrogen (secondary N) is 1. The van der Waals surface area contributed by atoms with Crippen LogP contribution in [-0.4, -0.2) is 63.2 Å². The molecule has 1 aromatic carbocycles. The lowest BCUT2D eigenvalue weighted by molar-refractivity contribution is -0.0667. The number of benzene rings is 1. The normalized spacial score (nSPS) is 20.4. The summed E-state index contributed by atoms with van der Waals surface area (Å²) in [5.41, 5.74) is 0.645. The Labute approximate surface area is 173 Å². The van der Waals surface area contributed by atoms with Gasteiger partial charge >= 0.3 is 0 Å². The highest BCUT2D eigenvalue weighted by atomic mass is 32.2. The molecule has 1 aromatic heterocycles. The Kier molecular flexibility index (Phi) is 7.10. The number of anilines is 2. The molecule has 2 heterocycles. The summed E-state index contributed by atoms with van der Waals surface area (Å²) < 4.78 is 33.1. The summed E-state index contributed by atoms with van der Waals surface area (Å²) in [5.74, 6) is 0.668. The number of ether oxygens (including phenoxy) is 1. The molecule has 1 aliphatic rings. The molecule has 2 atom stereocenters. The predicted octanol–water partition coefficient (Wildman–Crippen LogP) is 2.82. The fourth-order valence-electron chi connectivity index (χ4n) is 3.66. The van der Waals surface area contributed by atoms with Crippen LogP contribution in [0.15, 0.2) is 53.6 Å². The van der Waals surface area contributed by atoms with Gasteiger partial charge in [-0.1, -0.05) is 18.2 Å². The summed E-state index contributed by atoms with van der Waals surface area (Å²) in [6.07, 6.45) is 1.90. The van der Waals surface area contributed by atoms with E-state index in [0.29, 0.717) is 18.1 Å². The van der Waals surface area contributed by atoms with Crippen LogP contribution >= 0.6 is 0 Å². The molecule has 0 bridgehead atoms. The number of nitrogens with zero attached hydrogens (tertiary/aromatic N) is 3. The minimum Gasteiger partial charge on any atom is -0.373 e. The first kappa shape index (κ1) is 21.5. The van der Waals surface area contributed by atoms with Crippen molar-refractivity contribution >= 4 is 21.5 Å². The first-order chi connectivity index (χ1) is 13.9. The topological polar surface area (TPSA) is 74.8 Å². The van der Waals surface area contributed by atoms with Gasteiger partial charge in [-0.25, -0.2) is 13.4 Å². The number of rotatable bonds is 8. The van der Waals surface area contributed by atoms with Gasteiger partial charge in [0.1, 0.15) is 10.7 Å². The van der Waals surface area contributed by atoms with Crippen LogP contribution < -0.4 is 9.62 Å². The van der Waals surface area contributed by atoms with Crippen LogP contribution in [0.5, 0.6) is 0 Å². The maximum absolute atomic E-state index is 13.0. The average Bonchev–Trinajstić information content (AvgIpc) is 2.69. The molecule has 0 saturated carbocycles. The van der Waals surface area contributed by atoms with Crippen molar-refractivity contribution in [1.82, 2.24) is 9.88 Å². The first-order valence-electron chi connectivity index (χ1n) is 10.1. The molecule has 8 heteroatoms. The largest absolute Gasteiger partial charge is 0.373 e. The van der Waals surface area contributed by atoms with Gasteiger partial charge in [-0.05, 0) is 45.0 Å². The summed E-state index contributed by atoms with van der Waals surface area (Å²) in [6, 6.07) is 12.4. The molecule has 7 nitrogen and oxygen atoms in total. The minimum atomic E-state index is -3.65. The number of hydrogen-bond acceptors (Lipinski definition) is 6. The van der Waals surface area contributed by atoms with Crippen LogP contribution in [0.4, 0.5) is 11.5 Å². The monoisotopic (exact) mass is 418 g/mol. The van der Waals surface area contributed by atoms with E-state index in [1.807, 2.05) is 25.1 Å². The Morgan fingerprint density at radius 3 is 2.41 bits per heavy atom. The summed E-state index contributed by atoms with van der Waals surface area (Å²) in [7, 11) is -3.65. The highest BCUT2D eigenvalue weighted by molar-refractivity contribution is 7.92. The molecule has 2 unspecified atom stereocenters. The predicted molar refractivity (Wildman–Crippen MR) is 116 cm³/mol. The van der Waals surface area contributed by atoms with Crippen molar-refractivity contribution < 1.29 is 13.2 Å². The minimum absolute atomic E-state index is 0.185. The maximum atomic E-state index is 13.0. The van der Waals surface area contributed by atoms with Gasteiger partial charge in [0.05, 0.1) is 17.9 Å². The van der Waals surface area contributed by atoms with Crippen LogP contribution in [0.25, 0.3) is 0 Å². The fourth-order valence-corrected chi connectivity index (χ4v) is 5.08. The first-order valence-corrected chi connectivity index (χ1v) is 11.5. The van der Waals surface area contributed by atoms with E-state index >= 15 is 0 Å². The lowest BCUT2D eigenvalue weighted by Gasteiger charge is -2.35. The SMILES string of the molecule is CCN(c1ccccc1)S(=O)(=O)c1ccc(NCCN2CC(C)OC(C)C2)nc1. The second-order valence-electron chi connectivity index (χ2n) is 7.33. The van der Waals surface area contributed by atoms with Gasteiger partial charge in [0.15, 0.2) is 0 Å². The molecular weight excluding hydrogens is 388 g/mol. The fraction of sp³-hybridized carbons (Fsp3) is 0.476. The average molecular weight is 419 g/mol. The molecule has 2 aromatic rings. The molecule has 3 rings (SSSR count). The number of aromatic nitrogens is 1. The molecule has 0 aliphatic carbocycles. The summed E-state index contributed by atoms with van der Waals surface area (Å²) in [5, 5.41) is 3.27. The Morgan fingerprint density at radius 2 is 1.83 bits per heavy atom. The third-order valence-electron chi connectivity index (χ3n) is 4.89. The zero-order valence-electron chi connectivity index (χ0n) is 17.3. The second kappa shape index (κ2) is 9.56. The molecule has 0 radical (unpaired) electrons. The third kappa shape index (κ3) is 5.46. The number of pyridine rings is 1. The lowest BCUT2D eigenvalue weighted by Crippen LogP contribution is -2.46. The van der Waals surface area contributed by atoms with E-state index in [4.69, 9.17) is 4.74 Å². The van der Waals surface area contributed by atoms with Crippen molar-refractivity contribution in [3.05, 3.63) is 48.7 Å². The quantitative estimate of drug-likeness (QED) is 0.711. The molecule has 29 heavy (non-hydrogen) atoms. The second-order valence-corrected chi connectivity index (χ2v) is 9.19. The highest BCUT2D eigenvalue weighted by Gasteiger charge is 2.24. The zero-order valence-corrected chi connectivity index (χ0v) is 18.1. The molecule has 1 fully saturated rings. The molecule has 158 valence electrons. The Balaban J connectivity index is 1.60. The summed E-state index contributed by atoms with van der Waals surface area (Å²) >= 11 is 0. The van der Waals surface area contributed by atoms with E-state index in [1.54, 1.807) is 24.3 Å². The van der Waals surface area contributed by atoms with E-state index in [2.05, 4.69) is 29.0 Å². The van der Waals surface area contributed by atoms with E-state index in [9.17, 15) is 8.42 Å². The van der Waals surface area contributed by atoms with E-state index in [0.717, 1.165) is 26.2 Å². The van der Waals surface area contributed by atoms with Gasteiger partial charge in [-0.3, -0.25) is 9.21 Å². The Morgan fingerprint density at radius 1 is 1.14 bits per heavy atom. The number of hydrogen-bond donors (Lipinski definition) is 1. The number of para-hydroxylation sites is 1. The van der Waals surface area contributed by atoms with Crippen molar-refractivity contribution in [2.24, 2.45) is 0 Å². The van der Waals surface area contributed by atoms with Crippen molar-refractivity contribution in [3.63, 3.8) is 0 Å².